The van der Waals surface area contributed by atoms with E-state index in [2.05, 4.69) is 9.97 Å². The molecular formula is C10H11N3O. The van der Waals surface area contributed by atoms with Gasteiger partial charge in [-0.1, -0.05) is 0 Å². The Bertz CT molecular complexity index is 475. The highest BCUT2D eigenvalue weighted by Crippen LogP contribution is 2.15. The van der Waals surface area contributed by atoms with E-state index >= 15 is 0 Å². The van der Waals surface area contributed by atoms with E-state index < -0.39 is 6.04 Å². The smallest absolute Gasteiger partial charge is 0.151 e. The van der Waals surface area contributed by atoms with E-state index in [1.54, 1.807) is 12.4 Å². The SMILES string of the molecule is CC(=O)[C@H](N)c1cnc2cc[nH]c2c1. The average molecular weight is 189 g/mol. The third kappa shape index (κ3) is 1.40. The Morgan fingerprint density at radius 2 is 2.43 bits per heavy atom. The molecule has 2 aromatic rings. The Balaban J connectivity index is 2.48. The monoisotopic (exact) mass is 189 g/mol. The van der Waals surface area contributed by atoms with Crippen LogP contribution in [0, 0.1) is 0 Å². The van der Waals surface area contributed by atoms with Crippen LogP contribution in [0.2, 0.25) is 0 Å². The molecule has 4 heteroatoms. The molecule has 4 nitrogen and oxygen atoms in total. The molecule has 2 aromatic heterocycles. The lowest BCUT2D eigenvalue weighted by Crippen LogP contribution is -2.18. The predicted octanol–water partition coefficient (Wildman–Crippen LogP) is 1.15. The number of Topliss-reactive ketones (excluding diaryl/α,β-unsaturated/α-hetero) is 1. The highest BCUT2D eigenvalue weighted by molar-refractivity contribution is 5.84. The van der Waals surface area contributed by atoms with E-state index in [4.69, 9.17) is 5.73 Å². The van der Waals surface area contributed by atoms with Gasteiger partial charge in [-0.3, -0.25) is 9.78 Å². The lowest BCUT2D eigenvalue weighted by molar-refractivity contribution is -0.118. The number of fused-ring (bicyclic) bond motifs is 1. The van der Waals surface area contributed by atoms with Crippen molar-refractivity contribution in [1.82, 2.24) is 9.97 Å². The first kappa shape index (κ1) is 8.90. The molecule has 0 amide bonds. The summed E-state index contributed by atoms with van der Waals surface area (Å²) in [6.07, 6.45) is 3.45. The molecule has 0 fully saturated rings. The van der Waals surface area contributed by atoms with Crippen molar-refractivity contribution >= 4 is 16.8 Å². The number of pyridine rings is 1. The van der Waals surface area contributed by atoms with Crippen molar-refractivity contribution < 1.29 is 4.79 Å². The first-order valence-corrected chi connectivity index (χ1v) is 4.37. The van der Waals surface area contributed by atoms with E-state index in [0.717, 1.165) is 16.6 Å². The number of nitrogens with two attached hydrogens (primary N) is 1. The second kappa shape index (κ2) is 3.23. The van der Waals surface area contributed by atoms with Crippen LogP contribution < -0.4 is 5.73 Å². The summed E-state index contributed by atoms with van der Waals surface area (Å²) >= 11 is 0. The van der Waals surface area contributed by atoms with Gasteiger partial charge in [-0.2, -0.15) is 0 Å². The molecule has 14 heavy (non-hydrogen) atoms. The number of carbonyl (C=O) groups excluding carboxylic acids is 1. The van der Waals surface area contributed by atoms with Gasteiger partial charge in [-0.15, -0.1) is 0 Å². The van der Waals surface area contributed by atoms with E-state index in [9.17, 15) is 4.79 Å². The molecule has 0 radical (unpaired) electrons. The van der Waals surface area contributed by atoms with Crippen LogP contribution in [0.15, 0.2) is 24.5 Å². The molecule has 72 valence electrons. The molecule has 0 saturated heterocycles. The van der Waals surface area contributed by atoms with Gasteiger partial charge in [-0.25, -0.2) is 0 Å². The first-order chi connectivity index (χ1) is 6.68. The van der Waals surface area contributed by atoms with E-state index in [1.807, 2.05) is 12.1 Å². The molecule has 2 rings (SSSR count). The summed E-state index contributed by atoms with van der Waals surface area (Å²) in [4.78, 5) is 18.3. The Labute approximate surface area is 81.1 Å². The number of nitrogens with one attached hydrogen (secondary N) is 1. The summed E-state index contributed by atoms with van der Waals surface area (Å²) in [5, 5.41) is 0. The van der Waals surface area contributed by atoms with Gasteiger partial charge in [-0.05, 0) is 24.6 Å². The number of aromatic nitrogens is 2. The van der Waals surface area contributed by atoms with Crippen molar-refractivity contribution in [2.24, 2.45) is 5.73 Å². The zero-order valence-electron chi connectivity index (χ0n) is 7.82. The van der Waals surface area contributed by atoms with Crippen LogP contribution in [-0.4, -0.2) is 15.8 Å². The summed E-state index contributed by atoms with van der Waals surface area (Å²) in [5.41, 5.74) is 8.22. The van der Waals surface area contributed by atoms with Gasteiger partial charge in [0.15, 0.2) is 5.78 Å². The fourth-order valence-electron chi connectivity index (χ4n) is 1.36. The minimum absolute atomic E-state index is 0.0577. The van der Waals surface area contributed by atoms with Gasteiger partial charge in [0.05, 0.1) is 17.1 Å². The molecular weight excluding hydrogens is 178 g/mol. The van der Waals surface area contributed by atoms with Crippen molar-refractivity contribution in [2.45, 2.75) is 13.0 Å². The lowest BCUT2D eigenvalue weighted by atomic mass is 10.1. The van der Waals surface area contributed by atoms with Crippen LogP contribution in [0.5, 0.6) is 0 Å². The van der Waals surface area contributed by atoms with E-state index in [1.165, 1.54) is 6.92 Å². The number of H-pyrrole nitrogens is 1. The highest BCUT2D eigenvalue weighted by atomic mass is 16.1. The van der Waals surface area contributed by atoms with E-state index in [0.29, 0.717) is 0 Å². The minimum Gasteiger partial charge on any atom is -0.360 e. The third-order valence-electron chi connectivity index (χ3n) is 2.22. The number of carbonyl (C=O) groups is 1. The molecule has 0 bridgehead atoms. The van der Waals surface area contributed by atoms with Gasteiger partial charge >= 0.3 is 0 Å². The molecule has 2 heterocycles. The maximum absolute atomic E-state index is 11.1. The van der Waals surface area contributed by atoms with Crippen LogP contribution >= 0.6 is 0 Å². The van der Waals surface area contributed by atoms with Crippen molar-refractivity contribution in [3.63, 3.8) is 0 Å². The lowest BCUT2D eigenvalue weighted by Gasteiger charge is -2.06. The van der Waals surface area contributed by atoms with Crippen molar-refractivity contribution in [1.29, 1.82) is 0 Å². The van der Waals surface area contributed by atoms with Gasteiger partial charge in [0, 0.05) is 12.4 Å². The molecule has 0 aromatic carbocycles. The van der Waals surface area contributed by atoms with Crippen LogP contribution in [0.4, 0.5) is 0 Å². The number of hydrogen-bond acceptors (Lipinski definition) is 3. The zero-order valence-corrected chi connectivity index (χ0v) is 7.82. The molecule has 1 atom stereocenters. The van der Waals surface area contributed by atoms with E-state index in [-0.39, 0.29) is 5.78 Å². The maximum atomic E-state index is 11.1. The van der Waals surface area contributed by atoms with Crippen LogP contribution in [-0.2, 0) is 4.79 Å². The fraction of sp³-hybridized carbons (Fsp3) is 0.200. The second-order valence-electron chi connectivity index (χ2n) is 3.27. The van der Waals surface area contributed by atoms with Crippen molar-refractivity contribution in [3.05, 3.63) is 30.1 Å². The molecule has 0 aliphatic heterocycles. The van der Waals surface area contributed by atoms with Gasteiger partial charge in [0.1, 0.15) is 0 Å². The number of hydrogen-bond donors (Lipinski definition) is 2. The second-order valence-corrected chi connectivity index (χ2v) is 3.27. The third-order valence-corrected chi connectivity index (χ3v) is 2.22. The topological polar surface area (TPSA) is 71.8 Å². The number of nitrogens with zero attached hydrogens (tertiary/aromatic N) is 1. The van der Waals surface area contributed by atoms with Crippen molar-refractivity contribution in [3.8, 4) is 0 Å². The summed E-state index contributed by atoms with van der Waals surface area (Å²) < 4.78 is 0. The van der Waals surface area contributed by atoms with Gasteiger partial charge < -0.3 is 10.7 Å². The zero-order chi connectivity index (χ0) is 10.1. The Morgan fingerprint density at radius 3 is 3.14 bits per heavy atom. The van der Waals surface area contributed by atoms with Crippen LogP contribution in [0.1, 0.15) is 18.5 Å². The molecule has 0 spiro atoms. The normalized spacial score (nSPS) is 13.0. The molecule has 0 unspecified atom stereocenters. The quantitative estimate of drug-likeness (QED) is 0.744. The highest BCUT2D eigenvalue weighted by Gasteiger charge is 2.11. The summed E-state index contributed by atoms with van der Waals surface area (Å²) in [6.45, 7) is 1.48. The van der Waals surface area contributed by atoms with Gasteiger partial charge in [0.25, 0.3) is 0 Å². The summed E-state index contributed by atoms with van der Waals surface area (Å²) in [6, 6.07) is 3.16. The fourth-order valence-corrected chi connectivity index (χ4v) is 1.36. The average Bonchev–Trinajstić information content (AvgIpc) is 2.62. The Kier molecular flexibility index (Phi) is 2.05. The van der Waals surface area contributed by atoms with Crippen LogP contribution in [0.3, 0.4) is 0 Å². The summed E-state index contributed by atoms with van der Waals surface area (Å²) in [5.74, 6) is -0.0577. The maximum Gasteiger partial charge on any atom is 0.151 e. The molecule has 0 aliphatic carbocycles. The molecule has 3 N–H and O–H groups in total. The first-order valence-electron chi connectivity index (χ1n) is 4.37. The number of ketones is 1. The Morgan fingerprint density at radius 1 is 1.64 bits per heavy atom. The van der Waals surface area contributed by atoms with Gasteiger partial charge in [0.2, 0.25) is 0 Å². The van der Waals surface area contributed by atoms with Crippen LogP contribution in [0.25, 0.3) is 11.0 Å². The Hall–Kier alpha value is -1.68. The molecule has 0 saturated carbocycles. The molecule has 0 aliphatic rings. The largest absolute Gasteiger partial charge is 0.360 e. The predicted molar refractivity (Wildman–Crippen MR) is 53.7 cm³/mol. The number of rotatable bonds is 2. The number of aromatic amines is 1. The standard InChI is InChI=1S/C10H11N3O/c1-6(14)10(11)7-4-9-8(13-5-7)2-3-12-9/h2-5,10,12H,11H2,1H3/t10-/m0/s1. The van der Waals surface area contributed by atoms with Crippen molar-refractivity contribution in [2.75, 3.05) is 0 Å². The minimum atomic E-state index is -0.574. The summed E-state index contributed by atoms with van der Waals surface area (Å²) in [7, 11) is 0.